The predicted molar refractivity (Wildman–Crippen MR) is 94.4 cm³/mol. The van der Waals surface area contributed by atoms with Crippen LogP contribution in [0.4, 0.5) is 0 Å². The number of nitrogens with one attached hydrogen (secondary N) is 1. The monoisotopic (exact) mass is 352 g/mol. The van der Waals surface area contributed by atoms with Crippen molar-refractivity contribution in [3.05, 3.63) is 33.8 Å². The number of hydrogen-bond acceptors (Lipinski definition) is 2. The minimum Gasteiger partial charge on any atom is -0.313 e. The molecule has 0 spiro atoms. The maximum atomic E-state index is 3.76. The van der Waals surface area contributed by atoms with E-state index in [1.807, 2.05) is 0 Å². The molecule has 2 rings (SSSR count). The van der Waals surface area contributed by atoms with Crippen molar-refractivity contribution in [2.75, 3.05) is 19.6 Å². The van der Waals surface area contributed by atoms with E-state index < -0.39 is 0 Å². The lowest BCUT2D eigenvalue weighted by Crippen LogP contribution is -2.32. The van der Waals surface area contributed by atoms with Gasteiger partial charge < -0.3 is 5.32 Å². The molecule has 0 saturated heterocycles. The summed E-state index contributed by atoms with van der Waals surface area (Å²) in [4.78, 5) is 2.58. The van der Waals surface area contributed by atoms with Crippen LogP contribution in [0, 0.1) is 5.92 Å². The summed E-state index contributed by atoms with van der Waals surface area (Å²) >= 11 is 3.76. The van der Waals surface area contributed by atoms with Crippen molar-refractivity contribution in [1.29, 1.82) is 0 Å². The summed E-state index contributed by atoms with van der Waals surface area (Å²) in [7, 11) is 0. The SMILES string of the molecule is CCCNCc1ccc(CN(CC)CC2CCC2)c(Br)c1. The second-order valence-corrected chi connectivity index (χ2v) is 7.08. The van der Waals surface area contributed by atoms with E-state index in [1.165, 1.54) is 47.8 Å². The molecule has 1 aliphatic rings. The van der Waals surface area contributed by atoms with Gasteiger partial charge >= 0.3 is 0 Å². The molecule has 1 saturated carbocycles. The fourth-order valence-electron chi connectivity index (χ4n) is 2.83. The van der Waals surface area contributed by atoms with Crippen LogP contribution in [0.5, 0.6) is 0 Å². The first-order valence-corrected chi connectivity index (χ1v) is 9.22. The Morgan fingerprint density at radius 1 is 1.29 bits per heavy atom. The largest absolute Gasteiger partial charge is 0.313 e. The van der Waals surface area contributed by atoms with E-state index in [4.69, 9.17) is 0 Å². The Hall–Kier alpha value is -0.380. The maximum Gasteiger partial charge on any atom is 0.0244 e. The molecule has 1 fully saturated rings. The fourth-order valence-corrected chi connectivity index (χ4v) is 3.38. The van der Waals surface area contributed by atoms with Crippen LogP contribution in [0.1, 0.15) is 50.7 Å². The first kappa shape index (κ1) is 17.0. The van der Waals surface area contributed by atoms with Gasteiger partial charge in [-0.2, -0.15) is 0 Å². The molecule has 0 aromatic heterocycles. The van der Waals surface area contributed by atoms with Crippen LogP contribution in [0.25, 0.3) is 0 Å². The number of rotatable bonds is 9. The molecule has 0 amide bonds. The quantitative estimate of drug-likeness (QED) is 0.654. The molecule has 0 bridgehead atoms. The smallest absolute Gasteiger partial charge is 0.0244 e. The Kier molecular flexibility index (Phi) is 7.21. The van der Waals surface area contributed by atoms with Crippen molar-refractivity contribution >= 4 is 15.9 Å². The van der Waals surface area contributed by atoms with Gasteiger partial charge in [0.2, 0.25) is 0 Å². The Balaban J connectivity index is 1.89. The van der Waals surface area contributed by atoms with Crippen molar-refractivity contribution in [2.45, 2.75) is 52.6 Å². The lowest BCUT2D eigenvalue weighted by molar-refractivity contribution is 0.178. The number of benzene rings is 1. The normalized spacial score (nSPS) is 15.4. The Morgan fingerprint density at radius 2 is 2.10 bits per heavy atom. The van der Waals surface area contributed by atoms with Crippen molar-refractivity contribution in [3.63, 3.8) is 0 Å². The van der Waals surface area contributed by atoms with E-state index >= 15 is 0 Å². The van der Waals surface area contributed by atoms with Gasteiger partial charge in [0.05, 0.1) is 0 Å². The van der Waals surface area contributed by atoms with Crippen LogP contribution >= 0.6 is 15.9 Å². The molecule has 1 N–H and O–H groups in total. The summed E-state index contributed by atoms with van der Waals surface area (Å²) in [6, 6.07) is 6.82. The molecule has 21 heavy (non-hydrogen) atoms. The highest BCUT2D eigenvalue weighted by Crippen LogP contribution is 2.28. The van der Waals surface area contributed by atoms with Crippen molar-refractivity contribution in [3.8, 4) is 0 Å². The molecule has 1 aromatic carbocycles. The minimum atomic E-state index is 0.946. The minimum absolute atomic E-state index is 0.946. The van der Waals surface area contributed by atoms with Crippen LogP contribution in [0.2, 0.25) is 0 Å². The zero-order chi connectivity index (χ0) is 15.1. The highest BCUT2D eigenvalue weighted by atomic mass is 79.9. The second kappa shape index (κ2) is 8.92. The molecule has 0 heterocycles. The van der Waals surface area contributed by atoms with Crippen LogP contribution in [0.3, 0.4) is 0 Å². The Morgan fingerprint density at radius 3 is 2.67 bits per heavy atom. The fraction of sp³-hybridized carbons (Fsp3) is 0.667. The van der Waals surface area contributed by atoms with E-state index in [1.54, 1.807) is 0 Å². The average molecular weight is 353 g/mol. The molecular formula is C18H29BrN2. The zero-order valence-electron chi connectivity index (χ0n) is 13.5. The van der Waals surface area contributed by atoms with Gasteiger partial charge in [0.25, 0.3) is 0 Å². The summed E-state index contributed by atoms with van der Waals surface area (Å²) in [6.07, 6.45) is 5.48. The summed E-state index contributed by atoms with van der Waals surface area (Å²) < 4.78 is 1.25. The number of nitrogens with zero attached hydrogens (tertiary/aromatic N) is 1. The molecule has 1 aliphatic carbocycles. The van der Waals surface area contributed by atoms with Gasteiger partial charge in [-0.25, -0.2) is 0 Å². The predicted octanol–water partition coefficient (Wildman–Crippen LogP) is 4.57. The Bertz CT molecular complexity index is 429. The van der Waals surface area contributed by atoms with E-state index in [2.05, 4.69) is 58.2 Å². The highest BCUT2D eigenvalue weighted by Gasteiger charge is 2.20. The third kappa shape index (κ3) is 5.39. The van der Waals surface area contributed by atoms with E-state index in [0.29, 0.717) is 0 Å². The molecule has 0 unspecified atom stereocenters. The van der Waals surface area contributed by atoms with Gasteiger partial charge in [-0.05, 0) is 55.5 Å². The molecule has 2 nitrogen and oxygen atoms in total. The highest BCUT2D eigenvalue weighted by molar-refractivity contribution is 9.10. The lowest BCUT2D eigenvalue weighted by Gasteiger charge is -2.32. The van der Waals surface area contributed by atoms with Crippen molar-refractivity contribution < 1.29 is 0 Å². The van der Waals surface area contributed by atoms with Crippen LogP contribution < -0.4 is 5.32 Å². The third-order valence-corrected chi connectivity index (χ3v) is 5.19. The zero-order valence-corrected chi connectivity index (χ0v) is 15.1. The molecular weight excluding hydrogens is 324 g/mol. The summed E-state index contributed by atoms with van der Waals surface area (Å²) in [6.45, 7) is 10.0. The van der Waals surface area contributed by atoms with Gasteiger partial charge in [-0.1, -0.05) is 48.3 Å². The lowest BCUT2D eigenvalue weighted by atomic mass is 9.85. The Labute approximate surface area is 138 Å². The molecule has 0 radical (unpaired) electrons. The van der Waals surface area contributed by atoms with Crippen LogP contribution in [-0.4, -0.2) is 24.5 Å². The van der Waals surface area contributed by atoms with Gasteiger partial charge in [0.15, 0.2) is 0 Å². The van der Waals surface area contributed by atoms with Crippen LogP contribution in [0.15, 0.2) is 22.7 Å². The molecule has 0 atom stereocenters. The van der Waals surface area contributed by atoms with E-state index in [0.717, 1.165) is 32.1 Å². The molecule has 3 heteroatoms. The van der Waals surface area contributed by atoms with Crippen LogP contribution in [-0.2, 0) is 13.1 Å². The first-order chi connectivity index (χ1) is 10.2. The van der Waals surface area contributed by atoms with Gasteiger partial charge in [-0.15, -0.1) is 0 Å². The van der Waals surface area contributed by atoms with Crippen molar-refractivity contribution in [1.82, 2.24) is 10.2 Å². The maximum absolute atomic E-state index is 3.76. The summed E-state index contributed by atoms with van der Waals surface area (Å²) in [5.41, 5.74) is 2.77. The van der Waals surface area contributed by atoms with E-state index in [9.17, 15) is 0 Å². The number of hydrogen-bond donors (Lipinski definition) is 1. The molecule has 0 aliphatic heterocycles. The van der Waals surface area contributed by atoms with Gasteiger partial charge in [0.1, 0.15) is 0 Å². The third-order valence-electron chi connectivity index (χ3n) is 4.46. The summed E-state index contributed by atoms with van der Waals surface area (Å²) in [5.74, 6) is 0.946. The summed E-state index contributed by atoms with van der Waals surface area (Å²) in [5, 5.41) is 3.46. The standard InChI is InChI=1S/C18H29BrN2/c1-3-10-20-12-16-8-9-17(18(19)11-16)14-21(4-2)13-15-6-5-7-15/h8-9,11,15,20H,3-7,10,12-14H2,1-2H3. The number of halogens is 1. The molecule has 118 valence electrons. The van der Waals surface area contributed by atoms with Gasteiger partial charge in [-0.3, -0.25) is 4.90 Å². The second-order valence-electron chi connectivity index (χ2n) is 6.23. The van der Waals surface area contributed by atoms with E-state index in [-0.39, 0.29) is 0 Å². The first-order valence-electron chi connectivity index (χ1n) is 8.43. The molecule has 1 aromatic rings. The van der Waals surface area contributed by atoms with Gasteiger partial charge in [0, 0.05) is 24.1 Å². The topological polar surface area (TPSA) is 15.3 Å². The van der Waals surface area contributed by atoms with Crippen molar-refractivity contribution in [2.24, 2.45) is 5.92 Å². The average Bonchev–Trinajstić information content (AvgIpc) is 2.44.